The van der Waals surface area contributed by atoms with Crippen LogP contribution >= 0.6 is 0 Å². The Morgan fingerprint density at radius 1 is 1.06 bits per heavy atom. The normalized spacial score (nSPS) is 17.7. The number of hydrogen-bond donors (Lipinski definition) is 2. The fraction of sp³-hybridized carbons (Fsp3) is 0.636. The number of hydrazine groups is 1. The van der Waals surface area contributed by atoms with E-state index in [0.717, 1.165) is 18.9 Å². The standard InChI is InChI=1S/C11H19N5/c12-15-10-8-11(14-9-13-10)16-6-4-2-1-3-5-7-16/h8-9H,1-7,12H2,(H,13,14,15). The van der Waals surface area contributed by atoms with Gasteiger partial charge in [-0.3, -0.25) is 0 Å². The summed E-state index contributed by atoms with van der Waals surface area (Å²) in [4.78, 5) is 10.6. The maximum absolute atomic E-state index is 5.35. The summed E-state index contributed by atoms with van der Waals surface area (Å²) in [6, 6.07) is 1.90. The Hall–Kier alpha value is -1.36. The second-order valence-electron chi connectivity index (χ2n) is 4.16. The van der Waals surface area contributed by atoms with Crippen molar-refractivity contribution in [2.24, 2.45) is 5.84 Å². The van der Waals surface area contributed by atoms with Gasteiger partial charge in [0.2, 0.25) is 0 Å². The Morgan fingerprint density at radius 2 is 1.75 bits per heavy atom. The molecule has 3 N–H and O–H groups in total. The molecule has 0 aromatic carbocycles. The molecule has 2 rings (SSSR count). The van der Waals surface area contributed by atoms with Gasteiger partial charge in [0.1, 0.15) is 18.0 Å². The molecule has 0 atom stereocenters. The quantitative estimate of drug-likeness (QED) is 0.585. The Bertz CT molecular complexity index is 320. The molecule has 16 heavy (non-hydrogen) atoms. The molecular weight excluding hydrogens is 202 g/mol. The molecule has 0 spiro atoms. The molecule has 0 saturated carbocycles. The first-order valence-corrected chi connectivity index (χ1v) is 5.94. The zero-order valence-corrected chi connectivity index (χ0v) is 9.52. The first-order chi connectivity index (χ1) is 7.90. The van der Waals surface area contributed by atoms with Crippen LogP contribution < -0.4 is 16.2 Å². The Kier molecular flexibility index (Phi) is 3.93. The highest BCUT2D eigenvalue weighted by atomic mass is 15.3. The average molecular weight is 221 g/mol. The van der Waals surface area contributed by atoms with Gasteiger partial charge < -0.3 is 10.3 Å². The minimum atomic E-state index is 0.673. The van der Waals surface area contributed by atoms with Crippen molar-refractivity contribution >= 4 is 11.6 Å². The van der Waals surface area contributed by atoms with Crippen molar-refractivity contribution in [2.45, 2.75) is 32.1 Å². The van der Waals surface area contributed by atoms with Crippen LogP contribution in [0.3, 0.4) is 0 Å². The van der Waals surface area contributed by atoms with Crippen LogP contribution in [0.15, 0.2) is 12.4 Å². The van der Waals surface area contributed by atoms with Crippen LogP contribution in [0, 0.1) is 0 Å². The van der Waals surface area contributed by atoms with E-state index in [4.69, 9.17) is 5.84 Å². The number of hydrogen-bond acceptors (Lipinski definition) is 5. The topological polar surface area (TPSA) is 67.1 Å². The van der Waals surface area contributed by atoms with Gasteiger partial charge in [0, 0.05) is 19.2 Å². The van der Waals surface area contributed by atoms with Gasteiger partial charge in [-0.1, -0.05) is 19.3 Å². The molecule has 1 aliphatic rings. The number of rotatable bonds is 2. The highest BCUT2D eigenvalue weighted by Crippen LogP contribution is 2.18. The smallest absolute Gasteiger partial charge is 0.145 e. The molecule has 1 saturated heterocycles. The fourth-order valence-electron chi connectivity index (χ4n) is 2.08. The minimum absolute atomic E-state index is 0.673. The maximum Gasteiger partial charge on any atom is 0.145 e. The van der Waals surface area contributed by atoms with Crippen molar-refractivity contribution in [2.75, 3.05) is 23.4 Å². The summed E-state index contributed by atoms with van der Waals surface area (Å²) >= 11 is 0. The summed E-state index contributed by atoms with van der Waals surface area (Å²) in [6.45, 7) is 2.17. The van der Waals surface area contributed by atoms with Gasteiger partial charge in [0.15, 0.2) is 0 Å². The van der Waals surface area contributed by atoms with Gasteiger partial charge in [-0.25, -0.2) is 15.8 Å². The van der Waals surface area contributed by atoms with Crippen molar-refractivity contribution in [3.63, 3.8) is 0 Å². The van der Waals surface area contributed by atoms with Crippen LogP contribution in [0.1, 0.15) is 32.1 Å². The second-order valence-corrected chi connectivity index (χ2v) is 4.16. The number of nitrogens with zero attached hydrogens (tertiary/aromatic N) is 3. The van der Waals surface area contributed by atoms with Crippen LogP contribution in [-0.2, 0) is 0 Å². The van der Waals surface area contributed by atoms with Gasteiger partial charge in [-0.15, -0.1) is 0 Å². The molecule has 0 amide bonds. The molecule has 0 aliphatic carbocycles. The molecule has 1 fully saturated rings. The molecule has 1 aromatic heterocycles. The molecule has 88 valence electrons. The van der Waals surface area contributed by atoms with Gasteiger partial charge in [-0.05, 0) is 12.8 Å². The molecular formula is C11H19N5. The van der Waals surface area contributed by atoms with E-state index in [9.17, 15) is 0 Å². The van der Waals surface area contributed by atoms with Crippen molar-refractivity contribution in [3.8, 4) is 0 Å². The third kappa shape index (κ3) is 2.82. The fourth-order valence-corrected chi connectivity index (χ4v) is 2.08. The molecule has 0 unspecified atom stereocenters. The Morgan fingerprint density at radius 3 is 2.44 bits per heavy atom. The number of nitrogens with one attached hydrogen (secondary N) is 1. The van der Waals surface area contributed by atoms with Crippen LogP contribution in [0.5, 0.6) is 0 Å². The highest BCUT2D eigenvalue weighted by Gasteiger charge is 2.10. The first kappa shape index (κ1) is 11.1. The zero-order chi connectivity index (χ0) is 11.2. The van der Waals surface area contributed by atoms with E-state index < -0.39 is 0 Å². The van der Waals surface area contributed by atoms with Crippen LogP contribution in [0.25, 0.3) is 0 Å². The maximum atomic E-state index is 5.35. The predicted molar refractivity (Wildman–Crippen MR) is 65.1 cm³/mol. The SMILES string of the molecule is NNc1cc(N2CCCCCCC2)ncn1. The Labute approximate surface area is 96.0 Å². The molecule has 0 bridgehead atoms. The van der Waals surface area contributed by atoms with E-state index in [1.807, 2.05) is 6.07 Å². The lowest BCUT2D eigenvalue weighted by atomic mass is 10.1. The molecule has 1 aromatic rings. The summed E-state index contributed by atoms with van der Waals surface area (Å²) in [5.74, 6) is 7.00. The van der Waals surface area contributed by atoms with Crippen molar-refractivity contribution in [3.05, 3.63) is 12.4 Å². The Balaban J connectivity index is 2.07. The number of nitrogen functional groups attached to an aromatic ring is 1. The molecule has 5 nitrogen and oxygen atoms in total. The van der Waals surface area contributed by atoms with E-state index in [2.05, 4.69) is 20.3 Å². The lowest BCUT2D eigenvalue weighted by Gasteiger charge is -2.25. The summed E-state index contributed by atoms with van der Waals surface area (Å²) in [5.41, 5.74) is 2.56. The van der Waals surface area contributed by atoms with Crippen molar-refractivity contribution in [1.82, 2.24) is 9.97 Å². The van der Waals surface area contributed by atoms with E-state index in [-0.39, 0.29) is 0 Å². The van der Waals surface area contributed by atoms with Gasteiger partial charge in [0.25, 0.3) is 0 Å². The van der Waals surface area contributed by atoms with E-state index in [1.54, 1.807) is 6.33 Å². The average Bonchev–Trinajstić information content (AvgIpc) is 2.29. The third-order valence-electron chi connectivity index (χ3n) is 2.98. The van der Waals surface area contributed by atoms with E-state index in [0.29, 0.717) is 5.82 Å². The first-order valence-electron chi connectivity index (χ1n) is 5.94. The van der Waals surface area contributed by atoms with E-state index >= 15 is 0 Å². The summed E-state index contributed by atoms with van der Waals surface area (Å²) in [6.07, 6.45) is 8.06. The van der Waals surface area contributed by atoms with Crippen LogP contribution in [0.4, 0.5) is 11.6 Å². The van der Waals surface area contributed by atoms with Crippen LogP contribution in [0.2, 0.25) is 0 Å². The summed E-state index contributed by atoms with van der Waals surface area (Å²) < 4.78 is 0. The van der Waals surface area contributed by atoms with E-state index in [1.165, 1.54) is 32.1 Å². The lowest BCUT2D eigenvalue weighted by Crippen LogP contribution is -2.28. The van der Waals surface area contributed by atoms with Gasteiger partial charge in [0.05, 0.1) is 0 Å². The number of anilines is 2. The van der Waals surface area contributed by atoms with Crippen molar-refractivity contribution in [1.29, 1.82) is 0 Å². The molecule has 2 heterocycles. The van der Waals surface area contributed by atoms with Gasteiger partial charge >= 0.3 is 0 Å². The number of nitrogens with two attached hydrogens (primary N) is 1. The molecule has 0 radical (unpaired) electrons. The molecule has 1 aliphatic heterocycles. The summed E-state index contributed by atoms with van der Waals surface area (Å²) in [7, 11) is 0. The second kappa shape index (κ2) is 5.65. The largest absolute Gasteiger partial charge is 0.356 e. The monoisotopic (exact) mass is 221 g/mol. The third-order valence-corrected chi connectivity index (χ3v) is 2.98. The molecule has 5 heteroatoms. The highest BCUT2D eigenvalue weighted by molar-refractivity contribution is 5.47. The minimum Gasteiger partial charge on any atom is -0.356 e. The predicted octanol–water partition coefficient (Wildman–Crippen LogP) is 1.53. The van der Waals surface area contributed by atoms with Crippen LogP contribution in [-0.4, -0.2) is 23.1 Å². The lowest BCUT2D eigenvalue weighted by molar-refractivity contribution is 0.553. The zero-order valence-electron chi connectivity index (χ0n) is 9.52. The van der Waals surface area contributed by atoms with Gasteiger partial charge in [-0.2, -0.15) is 0 Å². The summed E-state index contributed by atoms with van der Waals surface area (Å²) in [5, 5.41) is 0. The number of aromatic nitrogens is 2. The van der Waals surface area contributed by atoms with Crippen molar-refractivity contribution < 1.29 is 0 Å².